The van der Waals surface area contributed by atoms with E-state index in [1.165, 1.54) is 0 Å². The van der Waals surface area contributed by atoms with Crippen molar-refractivity contribution in [2.45, 2.75) is 44.9 Å². The molecule has 0 heterocycles. The summed E-state index contributed by atoms with van der Waals surface area (Å²) in [5, 5.41) is 3.49. The molecule has 0 radical (unpaired) electrons. The minimum absolute atomic E-state index is 0.131. The second-order valence-electron chi connectivity index (χ2n) is 5.05. The first-order chi connectivity index (χ1) is 9.78. The van der Waals surface area contributed by atoms with E-state index in [0.29, 0.717) is 6.04 Å². The Labute approximate surface area is 121 Å². The number of hydrogen-bond donors (Lipinski definition) is 1. The van der Waals surface area contributed by atoms with E-state index in [2.05, 4.69) is 12.2 Å². The van der Waals surface area contributed by atoms with Gasteiger partial charge in [-0.1, -0.05) is 6.92 Å². The van der Waals surface area contributed by atoms with Gasteiger partial charge in [0.15, 0.2) is 0 Å². The normalized spacial score (nSPS) is 25.1. The first-order valence-electron chi connectivity index (χ1n) is 7.42. The molecule has 0 spiro atoms. The van der Waals surface area contributed by atoms with Crippen LogP contribution in [0.25, 0.3) is 0 Å². The standard InChI is InChI=1S/C16H25NO3/c1-4-10-20-13-8-6-12(7-9-13)17-14-11-15(19-5-2)16(14)18-3/h6-9,14-17H,4-5,10-11H2,1-3H3. The van der Waals surface area contributed by atoms with Crippen LogP contribution < -0.4 is 10.1 Å². The number of benzene rings is 1. The van der Waals surface area contributed by atoms with Gasteiger partial charge in [-0.15, -0.1) is 0 Å². The molecule has 1 aliphatic rings. The molecule has 1 aliphatic carbocycles. The molecule has 1 N–H and O–H groups in total. The Hall–Kier alpha value is -1.26. The maximum Gasteiger partial charge on any atom is 0.119 e. The third kappa shape index (κ3) is 3.64. The lowest BCUT2D eigenvalue weighted by Gasteiger charge is -2.43. The van der Waals surface area contributed by atoms with Gasteiger partial charge in [-0.05, 0) is 44.0 Å². The van der Waals surface area contributed by atoms with Gasteiger partial charge in [0, 0.05) is 19.4 Å². The van der Waals surface area contributed by atoms with E-state index in [-0.39, 0.29) is 12.2 Å². The van der Waals surface area contributed by atoms with Crippen molar-refractivity contribution in [2.24, 2.45) is 0 Å². The van der Waals surface area contributed by atoms with E-state index in [4.69, 9.17) is 14.2 Å². The molecule has 2 rings (SSSR count). The zero-order valence-electron chi connectivity index (χ0n) is 12.6. The molecule has 1 aromatic rings. The molecule has 0 saturated heterocycles. The van der Waals surface area contributed by atoms with Gasteiger partial charge in [-0.25, -0.2) is 0 Å². The molecule has 4 nitrogen and oxygen atoms in total. The molecule has 3 atom stereocenters. The molecule has 0 bridgehead atoms. The number of anilines is 1. The molecule has 4 heteroatoms. The van der Waals surface area contributed by atoms with Crippen LogP contribution in [0.1, 0.15) is 26.7 Å². The van der Waals surface area contributed by atoms with Crippen molar-refractivity contribution in [2.75, 3.05) is 25.6 Å². The highest BCUT2D eigenvalue weighted by Crippen LogP contribution is 2.30. The highest BCUT2D eigenvalue weighted by molar-refractivity contribution is 5.48. The maximum atomic E-state index is 5.63. The van der Waals surface area contributed by atoms with Gasteiger partial charge >= 0.3 is 0 Å². The Morgan fingerprint density at radius 1 is 1.20 bits per heavy atom. The monoisotopic (exact) mass is 279 g/mol. The fourth-order valence-electron chi connectivity index (χ4n) is 2.50. The molecule has 1 saturated carbocycles. The molecular formula is C16H25NO3. The summed E-state index contributed by atoms with van der Waals surface area (Å²) >= 11 is 0. The van der Waals surface area contributed by atoms with Crippen LogP contribution in [-0.4, -0.2) is 38.6 Å². The zero-order chi connectivity index (χ0) is 14.4. The van der Waals surface area contributed by atoms with Crippen LogP contribution in [0.2, 0.25) is 0 Å². The summed E-state index contributed by atoms with van der Waals surface area (Å²) < 4.78 is 16.7. The van der Waals surface area contributed by atoms with E-state index in [1.54, 1.807) is 7.11 Å². The van der Waals surface area contributed by atoms with Crippen molar-refractivity contribution in [3.63, 3.8) is 0 Å². The number of ether oxygens (including phenoxy) is 3. The average molecular weight is 279 g/mol. The molecule has 20 heavy (non-hydrogen) atoms. The Balaban J connectivity index is 1.84. The number of rotatable bonds is 8. The minimum atomic E-state index is 0.131. The summed E-state index contributed by atoms with van der Waals surface area (Å²) in [6.07, 6.45) is 2.36. The summed E-state index contributed by atoms with van der Waals surface area (Å²) in [6, 6.07) is 8.41. The summed E-state index contributed by atoms with van der Waals surface area (Å²) in [5.74, 6) is 0.918. The summed E-state index contributed by atoms with van der Waals surface area (Å²) in [5.41, 5.74) is 1.09. The van der Waals surface area contributed by atoms with E-state index in [9.17, 15) is 0 Å². The number of nitrogens with one attached hydrogen (secondary N) is 1. The van der Waals surface area contributed by atoms with Gasteiger partial charge in [-0.2, -0.15) is 0 Å². The van der Waals surface area contributed by atoms with E-state index >= 15 is 0 Å². The predicted octanol–water partition coefficient (Wildman–Crippen LogP) is 3.08. The number of hydrogen-bond acceptors (Lipinski definition) is 4. The largest absolute Gasteiger partial charge is 0.494 e. The van der Waals surface area contributed by atoms with Crippen molar-refractivity contribution in [1.29, 1.82) is 0 Å². The molecule has 0 aromatic heterocycles. The second kappa shape index (κ2) is 7.50. The second-order valence-corrected chi connectivity index (χ2v) is 5.05. The Morgan fingerprint density at radius 3 is 2.55 bits per heavy atom. The fourth-order valence-corrected chi connectivity index (χ4v) is 2.50. The molecule has 0 aliphatic heterocycles. The topological polar surface area (TPSA) is 39.7 Å². The third-order valence-corrected chi connectivity index (χ3v) is 3.58. The highest BCUT2D eigenvalue weighted by atomic mass is 16.5. The fraction of sp³-hybridized carbons (Fsp3) is 0.625. The Kier molecular flexibility index (Phi) is 5.68. The van der Waals surface area contributed by atoms with Crippen molar-refractivity contribution >= 4 is 5.69 Å². The van der Waals surface area contributed by atoms with Crippen LogP contribution in [0.3, 0.4) is 0 Å². The lowest BCUT2D eigenvalue weighted by Crippen LogP contribution is -2.56. The first-order valence-corrected chi connectivity index (χ1v) is 7.42. The van der Waals surface area contributed by atoms with Crippen LogP contribution in [0, 0.1) is 0 Å². The van der Waals surface area contributed by atoms with E-state index < -0.39 is 0 Å². The maximum absolute atomic E-state index is 5.63. The van der Waals surface area contributed by atoms with Crippen molar-refractivity contribution < 1.29 is 14.2 Å². The highest BCUT2D eigenvalue weighted by Gasteiger charge is 2.42. The van der Waals surface area contributed by atoms with Crippen LogP contribution in [0.5, 0.6) is 5.75 Å². The van der Waals surface area contributed by atoms with Gasteiger partial charge in [0.05, 0.1) is 18.8 Å². The number of methoxy groups -OCH3 is 1. The van der Waals surface area contributed by atoms with Gasteiger partial charge in [-0.3, -0.25) is 0 Å². The average Bonchev–Trinajstić information content (AvgIpc) is 2.45. The Bertz CT molecular complexity index is 393. The molecule has 112 valence electrons. The quantitative estimate of drug-likeness (QED) is 0.794. The van der Waals surface area contributed by atoms with Crippen LogP contribution in [-0.2, 0) is 9.47 Å². The molecule has 0 amide bonds. The minimum Gasteiger partial charge on any atom is -0.494 e. The molecule has 3 unspecified atom stereocenters. The lowest BCUT2D eigenvalue weighted by molar-refractivity contribution is -0.118. The van der Waals surface area contributed by atoms with E-state index in [0.717, 1.165) is 37.5 Å². The van der Waals surface area contributed by atoms with Crippen molar-refractivity contribution in [3.05, 3.63) is 24.3 Å². The first kappa shape index (κ1) is 15.1. The van der Waals surface area contributed by atoms with Gasteiger partial charge in [0.2, 0.25) is 0 Å². The predicted molar refractivity (Wildman–Crippen MR) is 80.5 cm³/mol. The Morgan fingerprint density at radius 2 is 1.95 bits per heavy atom. The smallest absolute Gasteiger partial charge is 0.119 e. The zero-order valence-corrected chi connectivity index (χ0v) is 12.6. The summed E-state index contributed by atoms with van der Waals surface area (Å²) in [6.45, 7) is 5.62. The van der Waals surface area contributed by atoms with Crippen molar-refractivity contribution in [3.8, 4) is 5.75 Å². The van der Waals surface area contributed by atoms with Gasteiger partial charge in [0.25, 0.3) is 0 Å². The van der Waals surface area contributed by atoms with Gasteiger partial charge < -0.3 is 19.5 Å². The molecule has 1 aromatic carbocycles. The summed E-state index contributed by atoms with van der Waals surface area (Å²) in [7, 11) is 1.74. The van der Waals surface area contributed by atoms with E-state index in [1.807, 2.05) is 31.2 Å². The molecule has 1 fully saturated rings. The van der Waals surface area contributed by atoms with Gasteiger partial charge in [0.1, 0.15) is 11.9 Å². The lowest BCUT2D eigenvalue weighted by atomic mass is 9.85. The van der Waals surface area contributed by atoms with Crippen LogP contribution >= 0.6 is 0 Å². The molecular weight excluding hydrogens is 254 g/mol. The SMILES string of the molecule is CCCOc1ccc(NC2CC(OCC)C2OC)cc1. The van der Waals surface area contributed by atoms with Crippen LogP contribution in [0.4, 0.5) is 5.69 Å². The van der Waals surface area contributed by atoms with Crippen molar-refractivity contribution in [1.82, 2.24) is 0 Å². The third-order valence-electron chi connectivity index (χ3n) is 3.58. The van der Waals surface area contributed by atoms with Crippen LogP contribution in [0.15, 0.2) is 24.3 Å². The summed E-state index contributed by atoms with van der Waals surface area (Å²) in [4.78, 5) is 0.